The van der Waals surface area contributed by atoms with Gasteiger partial charge in [-0.3, -0.25) is 9.48 Å². The van der Waals surface area contributed by atoms with E-state index >= 15 is 0 Å². The number of hydrogen-bond acceptors (Lipinski definition) is 6. The van der Waals surface area contributed by atoms with Crippen molar-refractivity contribution in [1.82, 2.24) is 30.0 Å². The molecule has 0 aromatic carbocycles. The van der Waals surface area contributed by atoms with Gasteiger partial charge in [0.25, 0.3) is 0 Å². The molecule has 0 aliphatic rings. The van der Waals surface area contributed by atoms with Crippen molar-refractivity contribution >= 4 is 17.7 Å². The number of hydrogen-bond donors (Lipinski definition) is 1. The van der Waals surface area contributed by atoms with E-state index in [0.717, 1.165) is 11.4 Å². The van der Waals surface area contributed by atoms with Gasteiger partial charge in [0.05, 0.1) is 5.69 Å². The highest BCUT2D eigenvalue weighted by atomic mass is 32.2. The van der Waals surface area contributed by atoms with E-state index in [1.54, 1.807) is 4.68 Å². The number of thioether (sulfide) groups is 1. The first-order valence-corrected chi connectivity index (χ1v) is 6.15. The van der Waals surface area contributed by atoms with E-state index in [9.17, 15) is 4.79 Å². The second kappa shape index (κ2) is 5.17. The Morgan fingerprint density at radius 2 is 2.33 bits per heavy atom. The first-order chi connectivity index (χ1) is 8.56. The van der Waals surface area contributed by atoms with Gasteiger partial charge in [0.1, 0.15) is 6.54 Å². The van der Waals surface area contributed by atoms with Crippen LogP contribution in [0.3, 0.4) is 0 Å². The number of aryl methyl sites for hydroxylation is 2. The summed E-state index contributed by atoms with van der Waals surface area (Å²) in [6.45, 7) is 1.68. The van der Waals surface area contributed by atoms with Gasteiger partial charge in [0.2, 0.25) is 5.16 Å². The van der Waals surface area contributed by atoms with Crippen molar-refractivity contribution in [1.29, 1.82) is 0 Å². The molecule has 0 aliphatic heterocycles. The quantitative estimate of drug-likeness (QED) is 0.767. The van der Waals surface area contributed by atoms with Crippen molar-refractivity contribution in [2.75, 3.05) is 0 Å². The van der Waals surface area contributed by atoms with Crippen LogP contribution in [0.1, 0.15) is 11.4 Å². The standard InChI is InChI=1S/C9H12N6O2S/c1-6-3-7(14(2)11-6)5-18-9-10-12-13-15(9)4-8(16)17/h3H,4-5H2,1-2H3,(H,16,17). The zero-order valence-corrected chi connectivity index (χ0v) is 10.8. The fraction of sp³-hybridized carbons (Fsp3) is 0.444. The molecule has 2 heterocycles. The zero-order chi connectivity index (χ0) is 13.1. The molecule has 0 aliphatic carbocycles. The molecule has 1 N–H and O–H groups in total. The van der Waals surface area contributed by atoms with Gasteiger partial charge in [-0.2, -0.15) is 5.10 Å². The summed E-state index contributed by atoms with van der Waals surface area (Å²) in [5.41, 5.74) is 1.97. The third kappa shape index (κ3) is 2.86. The Hall–Kier alpha value is -1.90. The van der Waals surface area contributed by atoms with E-state index in [1.165, 1.54) is 16.4 Å². The Kier molecular flexibility index (Phi) is 3.60. The number of aliphatic carboxylic acids is 1. The summed E-state index contributed by atoms with van der Waals surface area (Å²) in [5, 5.41) is 24.3. The molecule has 18 heavy (non-hydrogen) atoms. The third-order valence-corrected chi connectivity index (χ3v) is 3.22. The largest absolute Gasteiger partial charge is 0.480 e. The molecule has 0 radical (unpaired) electrons. The van der Waals surface area contributed by atoms with E-state index in [4.69, 9.17) is 5.11 Å². The minimum atomic E-state index is -0.972. The maximum Gasteiger partial charge on any atom is 0.325 e. The summed E-state index contributed by atoms with van der Waals surface area (Å²) in [7, 11) is 1.86. The number of carbonyl (C=O) groups is 1. The Bertz CT molecular complexity index is 563. The lowest BCUT2D eigenvalue weighted by atomic mass is 10.4. The monoisotopic (exact) mass is 268 g/mol. The fourth-order valence-corrected chi connectivity index (χ4v) is 2.36. The van der Waals surface area contributed by atoms with Crippen LogP contribution < -0.4 is 0 Å². The number of tetrazole rings is 1. The SMILES string of the molecule is Cc1cc(CSc2nnnn2CC(=O)O)n(C)n1. The molecule has 0 amide bonds. The fourth-order valence-electron chi connectivity index (χ4n) is 1.46. The molecule has 0 saturated carbocycles. The van der Waals surface area contributed by atoms with Crippen LogP contribution in [0.15, 0.2) is 11.2 Å². The van der Waals surface area contributed by atoms with Crippen molar-refractivity contribution in [3.63, 3.8) is 0 Å². The van der Waals surface area contributed by atoms with Crippen molar-refractivity contribution < 1.29 is 9.90 Å². The number of carboxylic acids is 1. The van der Waals surface area contributed by atoms with E-state index in [0.29, 0.717) is 10.9 Å². The maximum absolute atomic E-state index is 10.6. The van der Waals surface area contributed by atoms with Crippen LogP contribution in [0.2, 0.25) is 0 Å². The highest BCUT2D eigenvalue weighted by Gasteiger charge is 2.11. The molecule has 9 heteroatoms. The predicted octanol–water partition coefficient (Wildman–Crippen LogP) is 0.0919. The van der Waals surface area contributed by atoms with Crippen LogP contribution in [0.5, 0.6) is 0 Å². The van der Waals surface area contributed by atoms with Gasteiger partial charge in [-0.05, 0) is 23.4 Å². The first kappa shape index (κ1) is 12.6. The average molecular weight is 268 g/mol. The van der Waals surface area contributed by atoms with E-state index in [-0.39, 0.29) is 6.54 Å². The van der Waals surface area contributed by atoms with Crippen LogP contribution in [0.25, 0.3) is 0 Å². The summed E-state index contributed by atoms with van der Waals surface area (Å²) in [6.07, 6.45) is 0. The van der Waals surface area contributed by atoms with E-state index in [1.807, 2.05) is 20.0 Å². The van der Waals surface area contributed by atoms with Crippen molar-refractivity contribution in [2.24, 2.45) is 7.05 Å². The molecule has 0 bridgehead atoms. The zero-order valence-electron chi connectivity index (χ0n) is 9.94. The summed E-state index contributed by atoms with van der Waals surface area (Å²) >= 11 is 1.38. The van der Waals surface area contributed by atoms with Gasteiger partial charge in [-0.1, -0.05) is 11.8 Å². The molecule has 2 aromatic heterocycles. The predicted molar refractivity (Wildman–Crippen MR) is 63.0 cm³/mol. The molecule has 0 fully saturated rings. The van der Waals surface area contributed by atoms with Crippen LogP contribution in [0, 0.1) is 6.92 Å². The molecule has 2 aromatic rings. The van der Waals surface area contributed by atoms with Gasteiger partial charge in [-0.25, -0.2) is 4.68 Å². The lowest BCUT2D eigenvalue weighted by molar-refractivity contribution is -0.138. The molecular weight excluding hydrogens is 256 g/mol. The maximum atomic E-state index is 10.6. The van der Waals surface area contributed by atoms with E-state index in [2.05, 4.69) is 20.6 Å². The van der Waals surface area contributed by atoms with Crippen LogP contribution in [-0.2, 0) is 24.1 Å². The first-order valence-electron chi connectivity index (χ1n) is 5.16. The van der Waals surface area contributed by atoms with Gasteiger partial charge in [-0.15, -0.1) is 5.10 Å². The molecule has 0 spiro atoms. The second-order valence-electron chi connectivity index (χ2n) is 3.70. The topological polar surface area (TPSA) is 98.7 Å². The minimum Gasteiger partial charge on any atom is -0.480 e. The molecule has 8 nitrogen and oxygen atoms in total. The van der Waals surface area contributed by atoms with Gasteiger partial charge < -0.3 is 5.11 Å². The minimum absolute atomic E-state index is 0.236. The third-order valence-electron chi connectivity index (χ3n) is 2.23. The summed E-state index contributed by atoms with van der Waals surface area (Å²) in [6, 6.07) is 1.97. The Morgan fingerprint density at radius 1 is 1.56 bits per heavy atom. The summed E-state index contributed by atoms with van der Waals surface area (Å²) < 4.78 is 3.05. The molecular formula is C9H12N6O2S. The Balaban J connectivity index is 2.04. The van der Waals surface area contributed by atoms with Crippen molar-refractivity contribution in [2.45, 2.75) is 24.4 Å². The Labute approximate surface area is 107 Å². The lowest BCUT2D eigenvalue weighted by Crippen LogP contribution is -2.11. The average Bonchev–Trinajstić information content (AvgIpc) is 2.82. The normalized spacial score (nSPS) is 10.8. The number of aromatic nitrogens is 6. The van der Waals surface area contributed by atoms with Crippen LogP contribution >= 0.6 is 11.8 Å². The highest BCUT2D eigenvalue weighted by Crippen LogP contribution is 2.19. The summed E-state index contributed by atoms with van der Waals surface area (Å²) in [5.74, 6) is -0.335. The van der Waals surface area contributed by atoms with Gasteiger partial charge in [0.15, 0.2) is 0 Å². The smallest absolute Gasteiger partial charge is 0.325 e. The van der Waals surface area contributed by atoms with E-state index < -0.39 is 5.97 Å². The second-order valence-corrected chi connectivity index (χ2v) is 4.64. The Morgan fingerprint density at radius 3 is 2.94 bits per heavy atom. The molecule has 2 rings (SSSR count). The lowest BCUT2D eigenvalue weighted by Gasteiger charge is -2.01. The van der Waals surface area contributed by atoms with Crippen molar-refractivity contribution in [3.8, 4) is 0 Å². The number of rotatable bonds is 5. The molecule has 0 atom stereocenters. The number of carboxylic acid groups (broad SMARTS) is 1. The molecule has 0 unspecified atom stereocenters. The van der Waals surface area contributed by atoms with Crippen LogP contribution in [-0.4, -0.2) is 41.1 Å². The van der Waals surface area contributed by atoms with Gasteiger partial charge >= 0.3 is 5.97 Å². The molecule has 0 saturated heterocycles. The number of nitrogens with zero attached hydrogens (tertiary/aromatic N) is 6. The molecule has 96 valence electrons. The van der Waals surface area contributed by atoms with Gasteiger partial charge in [0, 0.05) is 18.5 Å². The van der Waals surface area contributed by atoms with Crippen molar-refractivity contribution in [3.05, 3.63) is 17.5 Å². The summed E-state index contributed by atoms with van der Waals surface area (Å²) in [4.78, 5) is 10.6. The highest BCUT2D eigenvalue weighted by molar-refractivity contribution is 7.98. The van der Waals surface area contributed by atoms with Crippen LogP contribution in [0.4, 0.5) is 0 Å².